The Kier molecular flexibility index (Phi) is 11.2. The molecule has 5 atom stereocenters. The number of pyridine rings is 1. The molecule has 1 saturated heterocycles. The molecule has 282 valence electrons. The van der Waals surface area contributed by atoms with Crippen LogP contribution in [-0.4, -0.2) is 59.3 Å². The highest BCUT2D eigenvalue weighted by atomic mass is 32.2. The second kappa shape index (κ2) is 15.5. The number of amides is 2. The molecule has 0 spiro atoms. The average Bonchev–Trinajstić information content (AvgIpc) is 4.01. The first kappa shape index (κ1) is 38.3. The maximum absolute atomic E-state index is 14.7. The van der Waals surface area contributed by atoms with Gasteiger partial charge in [0.05, 0.1) is 22.7 Å². The van der Waals surface area contributed by atoms with E-state index in [2.05, 4.69) is 22.9 Å². The molecule has 3 aliphatic rings. The number of sulfonamides is 1. The molecule has 6 rings (SSSR count). The highest BCUT2D eigenvalue weighted by Gasteiger charge is 2.62. The van der Waals surface area contributed by atoms with E-state index >= 15 is 0 Å². The van der Waals surface area contributed by atoms with E-state index in [-0.39, 0.29) is 49.2 Å². The quantitative estimate of drug-likeness (QED) is 0.108. The fourth-order valence-electron chi connectivity index (χ4n) is 7.80. The van der Waals surface area contributed by atoms with Crippen molar-refractivity contribution >= 4 is 38.4 Å². The Hall–Kier alpha value is -4.38. The molecule has 0 radical (unpaired) electrons. The van der Waals surface area contributed by atoms with Crippen molar-refractivity contribution in [1.82, 2.24) is 14.6 Å². The Morgan fingerprint density at radius 2 is 1.89 bits per heavy atom. The topological polar surface area (TPSA) is 123 Å². The van der Waals surface area contributed by atoms with Crippen molar-refractivity contribution in [2.45, 2.75) is 101 Å². The van der Waals surface area contributed by atoms with Crippen LogP contribution in [0.3, 0.4) is 0 Å². The Balaban J connectivity index is 1.28. The average molecular weight is 744 g/mol. The lowest BCUT2D eigenvalue weighted by Crippen LogP contribution is -2.47. The van der Waals surface area contributed by atoms with Crippen LogP contribution in [0, 0.1) is 30.0 Å². The van der Waals surface area contributed by atoms with E-state index in [1.165, 1.54) is 12.1 Å². The summed E-state index contributed by atoms with van der Waals surface area (Å²) in [7, 11) is -3.93. The van der Waals surface area contributed by atoms with Gasteiger partial charge in [-0.1, -0.05) is 49.3 Å². The molecule has 1 aromatic heterocycles. The zero-order valence-corrected chi connectivity index (χ0v) is 31.5. The number of rotatable bonds is 18. The SMILES string of the molecule is C=CCCCCC[C@H](Cc1cc(C)cc(F)c1)C(=O)N1C[C@H](Oc2nccc3ccccc23)C[C@H]1C(=O)C[C@]1(C(=O)NS(=O)(=O)C2(C)CC2)C[C@H]1C=C. The molecule has 2 aliphatic carbocycles. The number of aromatic nitrogens is 1. The first-order valence-electron chi connectivity index (χ1n) is 18.7. The monoisotopic (exact) mass is 743 g/mol. The first-order valence-corrected chi connectivity index (χ1v) is 20.2. The number of aryl methyl sites for hydroxylation is 1. The number of nitrogens with zero attached hydrogens (tertiary/aromatic N) is 2. The highest BCUT2D eigenvalue weighted by molar-refractivity contribution is 7.91. The minimum Gasteiger partial charge on any atom is -0.472 e. The third-order valence-electron chi connectivity index (χ3n) is 11.4. The molecule has 53 heavy (non-hydrogen) atoms. The summed E-state index contributed by atoms with van der Waals surface area (Å²) in [5.41, 5.74) is 0.186. The van der Waals surface area contributed by atoms with Crippen LogP contribution >= 0.6 is 0 Å². The van der Waals surface area contributed by atoms with Gasteiger partial charge in [-0.05, 0) is 105 Å². The number of carbonyl (C=O) groups is 3. The van der Waals surface area contributed by atoms with Gasteiger partial charge in [-0.3, -0.25) is 19.1 Å². The van der Waals surface area contributed by atoms with Gasteiger partial charge in [0.15, 0.2) is 5.78 Å². The molecule has 1 N–H and O–H groups in total. The molecule has 2 amide bonds. The molecule has 11 heteroatoms. The van der Waals surface area contributed by atoms with Gasteiger partial charge in [0, 0.05) is 30.3 Å². The maximum atomic E-state index is 14.7. The van der Waals surface area contributed by atoms with E-state index in [0.717, 1.165) is 42.0 Å². The van der Waals surface area contributed by atoms with Crippen molar-refractivity contribution in [3.05, 3.63) is 97.0 Å². The molecule has 2 aromatic carbocycles. The summed E-state index contributed by atoms with van der Waals surface area (Å²) in [6, 6.07) is 13.4. The van der Waals surface area contributed by atoms with Gasteiger partial charge in [0.25, 0.3) is 0 Å². The number of halogens is 1. The van der Waals surface area contributed by atoms with Crippen LogP contribution in [0.25, 0.3) is 10.8 Å². The predicted octanol–water partition coefficient (Wildman–Crippen LogP) is 7.18. The number of nitrogens with one attached hydrogen (secondary N) is 1. The highest BCUT2D eigenvalue weighted by Crippen LogP contribution is 2.57. The van der Waals surface area contributed by atoms with Crippen LogP contribution in [0.5, 0.6) is 5.88 Å². The molecule has 0 unspecified atom stereocenters. The Morgan fingerprint density at radius 3 is 2.58 bits per heavy atom. The molecule has 0 bridgehead atoms. The van der Waals surface area contributed by atoms with Crippen molar-refractivity contribution in [3.63, 3.8) is 0 Å². The zero-order chi connectivity index (χ0) is 38.0. The van der Waals surface area contributed by atoms with Gasteiger partial charge in [-0.2, -0.15) is 0 Å². The molecule has 9 nitrogen and oxygen atoms in total. The van der Waals surface area contributed by atoms with Crippen molar-refractivity contribution in [3.8, 4) is 5.88 Å². The van der Waals surface area contributed by atoms with Gasteiger partial charge < -0.3 is 9.64 Å². The van der Waals surface area contributed by atoms with E-state index in [9.17, 15) is 27.2 Å². The Bertz CT molecular complexity index is 1990. The van der Waals surface area contributed by atoms with E-state index in [1.54, 1.807) is 24.1 Å². The number of hydrogen-bond donors (Lipinski definition) is 1. The predicted molar refractivity (Wildman–Crippen MR) is 203 cm³/mol. The molecule has 3 aromatic rings. The largest absolute Gasteiger partial charge is 0.472 e. The standard InChI is InChI=1S/C42H50FN3O6S/c1-5-7-8-9-10-14-31(22-29-20-28(3)21-33(43)23-29)39(48)46-27-34(52-38-35-15-12-11-13-30(35)16-19-44-38)24-36(46)37(47)26-42(25-32(42)6-2)40(49)45-53(50,51)41(4)17-18-41/h5-6,11-13,15-16,19-21,23,31-32,34,36H,1-2,7-10,14,17-18,22,24-27H2,3-4H3,(H,45,49)/t31-,32-,34-,36+,42-/m1/s1. The van der Waals surface area contributed by atoms with Gasteiger partial charge in [0.2, 0.25) is 27.7 Å². The smallest absolute Gasteiger partial charge is 0.240 e. The van der Waals surface area contributed by atoms with Gasteiger partial charge in [0.1, 0.15) is 11.9 Å². The van der Waals surface area contributed by atoms with Crippen LogP contribution < -0.4 is 9.46 Å². The summed E-state index contributed by atoms with van der Waals surface area (Å²) in [4.78, 5) is 49.0. The minimum atomic E-state index is -3.93. The number of fused-ring (bicyclic) bond motifs is 1. The van der Waals surface area contributed by atoms with Crippen LogP contribution in [-0.2, 0) is 30.8 Å². The second-order valence-corrected chi connectivity index (χ2v) is 17.7. The molecular weight excluding hydrogens is 694 g/mol. The number of ether oxygens (including phenoxy) is 1. The first-order chi connectivity index (χ1) is 25.3. The number of benzene rings is 2. The van der Waals surface area contributed by atoms with Crippen molar-refractivity contribution in [1.29, 1.82) is 0 Å². The zero-order valence-electron chi connectivity index (χ0n) is 30.7. The number of unbranched alkanes of at least 4 members (excludes halogenated alkanes) is 3. The van der Waals surface area contributed by atoms with E-state index in [1.807, 2.05) is 49.4 Å². The fraction of sp³-hybridized carbons (Fsp3) is 0.476. The van der Waals surface area contributed by atoms with Crippen molar-refractivity contribution < 1.29 is 31.9 Å². The van der Waals surface area contributed by atoms with Crippen LogP contribution in [0.1, 0.15) is 82.3 Å². The maximum Gasteiger partial charge on any atom is 0.240 e. The van der Waals surface area contributed by atoms with E-state index < -0.39 is 44.2 Å². The summed E-state index contributed by atoms with van der Waals surface area (Å²) in [6.45, 7) is 11.2. The fourth-order valence-corrected chi connectivity index (χ4v) is 9.13. The number of carbonyl (C=O) groups excluding carboxylic acids is 3. The Morgan fingerprint density at radius 1 is 1.11 bits per heavy atom. The number of hydrogen-bond acceptors (Lipinski definition) is 7. The Labute approximate surface area is 312 Å². The summed E-state index contributed by atoms with van der Waals surface area (Å²) in [5, 5.41) is 1.74. The normalized spacial score (nSPS) is 23.6. The summed E-state index contributed by atoms with van der Waals surface area (Å²) in [5.74, 6) is -2.16. The van der Waals surface area contributed by atoms with Crippen LogP contribution in [0.2, 0.25) is 0 Å². The number of ketones is 1. The number of likely N-dealkylation sites (tertiary alicyclic amines) is 1. The molecular formula is C42H50FN3O6S. The molecule has 3 fully saturated rings. The third kappa shape index (κ3) is 8.40. The number of allylic oxidation sites excluding steroid dienone is 2. The lowest BCUT2D eigenvalue weighted by Gasteiger charge is -2.29. The van der Waals surface area contributed by atoms with E-state index in [4.69, 9.17) is 4.74 Å². The van der Waals surface area contributed by atoms with Crippen molar-refractivity contribution in [2.24, 2.45) is 17.3 Å². The molecule has 1 aliphatic heterocycles. The summed E-state index contributed by atoms with van der Waals surface area (Å²) in [6.07, 6.45) is 9.98. The third-order valence-corrected chi connectivity index (χ3v) is 13.6. The second-order valence-electron chi connectivity index (χ2n) is 15.5. The molecule has 2 heterocycles. The lowest BCUT2D eigenvalue weighted by atomic mass is 9.89. The van der Waals surface area contributed by atoms with E-state index in [0.29, 0.717) is 37.1 Å². The van der Waals surface area contributed by atoms with Crippen LogP contribution in [0.15, 0.2) is 80.0 Å². The summed E-state index contributed by atoms with van der Waals surface area (Å²) >= 11 is 0. The number of Topliss-reactive ketones (excluding diaryl/α,β-unsaturated/α-hetero) is 1. The van der Waals surface area contributed by atoms with Gasteiger partial charge in [-0.15, -0.1) is 13.2 Å². The summed E-state index contributed by atoms with van der Waals surface area (Å²) < 4.78 is 48.4. The lowest BCUT2D eigenvalue weighted by molar-refractivity contribution is -0.142. The van der Waals surface area contributed by atoms with Crippen LogP contribution in [0.4, 0.5) is 4.39 Å². The van der Waals surface area contributed by atoms with Gasteiger partial charge in [-0.25, -0.2) is 17.8 Å². The molecule has 2 saturated carbocycles. The van der Waals surface area contributed by atoms with Gasteiger partial charge >= 0.3 is 0 Å². The van der Waals surface area contributed by atoms with Crippen molar-refractivity contribution in [2.75, 3.05) is 6.54 Å². The minimum absolute atomic E-state index is 0.117.